The number of anilines is 1. The van der Waals surface area contributed by atoms with Crippen LogP contribution in [0.3, 0.4) is 0 Å². The van der Waals surface area contributed by atoms with Crippen molar-refractivity contribution in [1.82, 2.24) is 15.4 Å². The number of rotatable bonds is 4. The average molecular weight is 244 g/mol. The minimum atomic E-state index is -0.348. The lowest BCUT2D eigenvalue weighted by atomic mass is 10.3. The van der Waals surface area contributed by atoms with Gasteiger partial charge >= 0.3 is 0 Å². The summed E-state index contributed by atoms with van der Waals surface area (Å²) in [5, 5.41) is 0. The number of ether oxygens (including phenoxy) is 1. The molecule has 2 rings (SSSR count). The largest absolute Gasteiger partial charge is 0.497 e. The van der Waals surface area contributed by atoms with Crippen molar-refractivity contribution in [3.8, 4) is 5.75 Å². The van der Waals surface area contributed by atoms with Crippen molar-refractivity contribution in [2.45, 2.75) is 0 Å². The van der Waals surface area contributed by atoms with E-state index < -0.39 is 0 Å². The molecule has 1 heterocycles. The molecule has 0 saturated heterocycles. The Balaban J connectivity index is 1.93. The molecule has 0 unspecified atom stereocenters. The minimum absolute atomic E-state index is 0.249. The van der Waals surface area contributed by atoms with Crippen LogP contribution in [0.1, 0.15) is 10.5 Å². The molecule has 0 saturated carbocycles. The number of aromatic nitrogens is 2. The van der Waals surface area contributed by atoms with E-state index in [-0.39, 0.29) is 11.6 Å². The third-order valence-electron chi connectivity index (χ3n) is 2.21. The number of nitrogens with zero attached hydrogens (tertiary/aromatic N) is 2. The maximum atomic E-state index is 11.6. The first-order valence-corrected chi connectivity index (χ1v) is 5.26. The highest BCUT2D eigenvalue weighted by molar-refractivity contribution is 5.92. The second-order valence-electron chi connectivity index (χ2n) is 3.40. The van der Waals surface area contributed by atoms with E-state index in [4.69, 9.17) is 4.74 Å². The van der Waals surface area contributed by atoms with Gasteiger partial charge in [0, 0.05) is 12.4 Å². The van der Waals surface area contributed by atoms with Gasteiger partial charge in [-0.3, -0.25) is 20.6 Å². The molecule has 0 bridgehead atoms. The summed E-state index contributed by atoms with van der Waals surface area (Å²) in [4.78, 5) is 19.3. The van der Waals surface area contributed by atoms with Crippen LogP contribution in [0.15, 0.2) is 42.9 Å². The van der Waals surface area contributed by atoms with Gasteiger partial charge in [-0.15, -0.1) is 0 Å². The van der Waals surface area contributed by atoms with E-state index in [1.165, 1.54) is 18.6 Å². The number of nitrogens with one attached hydrogen (secondary N) is 2. The molecule has 0 aliphatic rings. The molecule has 0 aliphatic carbocycles. The number of hydrogen-bond donors (Lipinski definition) is 2. The van der Waals surface area contributed by atoms with Gasteiger partial charge in [0.1, 0.15) is 11.4 Å². The van der Waals surface area contributed by atoms with Crippen molar-refractivity contribution in [3.63, 3.8) is 0 Å². The molecular formula is C12H12N4O2. The van der Waals surface area contributed by atoms with E-state index in [0.717, 1.165) is 11.4 Å². The Morgan fingerprint density at radius 1 is 1.22 bits per heavy atom. The SMILES string of the molecule is COc1ccc(NNC(=O)c2cnccn2)cc1. The fraction of sp³-hybridized carbons (Fsp3) is 0.0833. The molecule has 0 radical (unpaired) electrons. The van der Waals surface area contributed by atoms with Crippen molar-refractivity contribution < 1.29 is 9.53 Å². The molecule has 92 valence electrons. The van der Waals surface area contributed by atoms with Crippen LogP contribution in [0, 0.1) is 0 Å². The number of carbonyl (C=O) groups excluding carboxylic acids is 1. The second-order valence-corrected chi connectivity index (χ2v) is 3.40. The first kappa shape index (κ1) is 11.8. The molecule has 18 heavy (non-hydrogen) atoms. The molecule has 0 aliphatic heterocycles. The van der Waals surface area contributed by atoms with Crippen LogP contribution in [0.5, 0.6) is 5.75 Å². The predicted octanol–water partition coefficient (Wildman–Crippen LogP) is 1.24. The molecule has 2 N–H and O–H groups in total. The van der Waals surface area contributed by atoms with Gasteiger partial charge in [0.15, 0.2) is 0 Å². The molecule has 0 spiro atoms. The van der Waals surface area contributed by atoms with Gasteiger partial charge in [-0.2, -0.15) is 0 Å². The molecule has 1 amide bonds. The van der Waals surface area contributed by atoms with E-state index in [2.05, 4.69) is 20.8 Å². The lowest BCUT2D eigenvalue weighted by molar-refractivity contribution is 0.0957. The number of hydrogen-bond acceptors (Lipinski definition) is 5. The van der Waals surface area contributed by atoms with E-state index in [1.807, 2.05) is 0 Å². The minimum Gasteiger partial charge on any atom is -0.497 e. The van der Waals surface area contributed by atoms with Crippen LogP contribution in [0.2, 0.25) is 0 Å². The topological polar surface area (TPSA) is 76.1 Å². The monoisotopic (exact) mass is 244 g/mol. The van der Waals surface area contributed by atoms with Crippen LogP contribution in [-0.2, 0) is 0 Å². The molecule has 6 heteroatoms. The van der Waals surface area contributed by atoms with Crippen molar-refractivity contribution in [3.05, 3.63) is 48.5 Å². The molecule has 6 nitrogen and oxygen atoms in total. The van der Waals surface area contributed by atoms with Crippen LogP contribution in [-0.4, -0.2) is 23.0 Å². The van der Waals surface area contributed by atoms with Gasteiger partial charge in [-0.05, 0) is 24.3 Å². The third kappa shape index (κ3) is 2.94. The molecule has 1 aromatic heterocycles. The summed E-state index contributed by atoms with van der Waals surface area (Å²) in [5.41, 5.74) is 6.28. The third-order valence-corrected chi connectivity index (χ3v) is 2.21. The Morgan fingerprint density at radius 3 is 2.61 bits per heavy atom. The van der Waals surface area contributed by atoms with Crippen molar-refractivity contribution >= 4 is 11.6 Å². The highest BCUT2D eigenvalue weighted by atomic mass is 16.5. The maximum Gasteiger partial charge on any atom is 0.289 e. The Labute approximate surface area is 104 Å². The summed E-state index contributed by atoms with van der Waals surface area (Å²) in [6.07, 6.45) is 4.36. The Morgan fingerprint density at radius 2 is 2.00 bits per heavy atom. The summed E-state index contributed by atoms with van der Waals surface area (Å²) in [6.45, 7) is 0. The zero-order valence-electron chi connectivity index (χ0n) is 9.75. The van der Waals surface area contributed by atoms with E-state index in [1.54, 1.807) is 31.4 Å². The van der Waals surface area contributed by atoms with Gasteiger partial charge in [0.25, 0.3) is 5.91 Å². The normalized spacial score (nSPS) is 9.61. The van der Waals surface area contributed by atoms with Crippen molar-refractivity contribution in [1.29, 1.82) is 0 Å². The first-order valence-electron chi connectivity index (χ1n) is 5.26. The Hall–Kier alpha value is -2.63. The van der Waals surface area contributed by atoms with Gasteiger partial charge in [0.05, 0.1) is 19.0 Å². The lowest BCUT2D eigenvalue weighted by Gasteiger charge is -2.08. The summed E-state index contributed by atoms with van der Waals surface area (Å²) in [5.74, 6) is 0.403. The average Bonchev–Trinajstić information content (AvgIpc) is 2.46. The summed E-state index contributed by atoms with van der Waals surface area (Å²) in [7, 11) is 1.60. The fourth-order valence-electron chi connectivity index (χ4n) is 1.28. The fourth-order valence-corrected chi connectivity index (χ4v) is 1.28. The van der Waals surface area contributed by atoms with Crippen molar-refractivity contribution in [2.24, 2.45) is 0 Å². The van der Waals surface area contributed by atoms with Gasteiger partial charge in [0.2, 0.25) is 0 Å². The van der Waals surface area contributed by atoms with E-state index >= 15 is 0 Å². The summed E-state index contributed by atoms with van der Waals surface area (Å²) < 4.78 is 5.03. The number of methoxy groups -OCH3 is 1. The Bertz CT molecular complexity index is 513. The Kier molecular flexibility index (Phi) is 3.70. The van der Waals surface area contributed by atoms with E-state index in [9.17, 15) is 4.79 Å². The summed E-state index contributed by atoms with van der Waals surface area (Å²) in [6, 6.07) is 7.15. The van der Waals surface area contributed by atoms with E-state index in [0.29, 0.717) is 0 Å². The number of amides is 1. The van der Waals surface area contributed by atoms with Crippen LogP contribution >= 0.6 is 0 Å². The highest BCUT2D eigenvalue weighted by Gasteiger charge is 2.05. The molecular weight excluding hydrogens is 232 g/mol. The second kappa shape index (κ2) is 5.62. The van der Waals surface area contributed by atoms with Crippen LogP contribution in [0.4, 0.5) is 5.69 Å². The zero-order chi connectivity index (χ0) is 12.8. The molecule has 2 aromatic rings. The maximum absolute atomic E-state index is 11.6. The van der Waals surface area contributed by atoms with Gasteiger partial charge < -0.3 is 4.74 Å². The quantitative estimate of drug-likeness (QED) is 0.791. The smallest absolute Gasteiger partial charge is 0.289 e. The predicted molar refractivity (Wildman–Crippen MR) is 66.1 cm³/mol. The van der Waals surface area contributed by atoms with Gasteiger partial charge in [-0.1, -0.05) is 0 Å². The van der Waals surface area contributed by atoms with Crippen molar-refractivity contribution in [2.75, 3.05) is 12.5 Å². The first-order chi connectivity index (χ1) is 8.79. The zero-order valence-corrected chi connectivity index (χ0v) is 9.75. The van der Waals surface area contributed by atoms with Gasteiger partial charge in [-0.25, -0.2) is 4.98 Å². The standard InChI is InChI=1S/C12H12N4O2/c1-18-10-4-2-9(3-5-10)15-16-12(17)11-8-13-6-7-14-11/h2-8,15H,1H3,(H,16,17). The van der Waals surface area contributed by atoms with Crippen LogP contribution in [0.25, 0.3) is 0 Å². The molecule has 0 atom stereocenters. The highest BCUT2D eigenvalue weighted by Crippen LogP contribution is 2.14. The molecule has 0 fully saturated rings. The number of hydrazine groups is 1. The number of benzene rings is 1. The summed E-state index contributed by atoms with van der Waals surface area (Å²) >= 11 is 0. The number of carbonyl (C=O) groups is 1. The van der Waals surface area contributed by atoms with Crippen LogP contribution < -0.4 is 15.6 Å². The lowest BCUT2D eigenvalue weighted by Crippen LogP contribution is -2.30. The molecule has 1 aromatic carbocycles.